The van der Waals surface area contributed by atoms with Gasteiger partial charge in [0.05, 0.1) is 4.75 Å². The maximum atomic E-state index is 13.3. The molecule has 1 heterocycles. The number of rotatable bonds is 4. The van der Waals surface area contributed by atoms with Gasteiger partial charge in [-0.1, -0.05) is 0 Å². The molecule has 0 aromatic rings. The standard InChI is InChI=1S/C14H29NO5S2/c1-11(21(16,17)18)14(6,7)22(19,20)15-12(2,3)9-8-10-13(15,4)5/h11H,8-10H2,1-7H3,(H,16,17,18). The Hall–Kier alpha value is -0.180. The summed E-state index contributed by atoms with van der Waals surface area (Å²) in [6.07, 6.45) is 2.35. The first-order chi connectivity index (χ1) is 9.48. The zero-order valence-corrected chi connectivity index (χ0v) is 16.2. The smallest absolute Gasteiger partial charge is 0.269 e. The van der Waals surface area contributed by atoms with Gasteiger partial charge in [0.2, 0.25) is 10.0 Å². The molecule has 8 heteroatoms. The predicted octanol–water partition coefficient (Wildman–Crippen LogP) is 2.41. The van der Waals surface area contributed by atoms with Gasteiger partial charge in [-0.2, -0.15) is 12.7 Å². The summed E-state index contributed by atoms with van der Waals surface area (Å²) in [5.74, 6) is 0. The Bertz CT molecular complexity index is 616. The molecular formula is C14H29NO5S2. The highest BCUT2D eigenvalue weighted by Gasteiger charge is 2.56. The summed E-state index contributed by atoms with van der Waals surface area (Å²) in [6, 6.07) is 0. The molecule has 0 spiro atoms. The van der Waals surface area contributed by atoms with Gasteiger partial charge in [-0.3, -0.25) is 4.55 Å². The number of piperidine rings is 1. The van der Waals surface area contributed by atoms with Gasteiger partial charge in [-0.15, -0.1) is 0 Å². The lowest BCUT2D eigenvalue weighted by Crippen LogP contribution is -2.66. The van der Waals surface area contributed by atoms with Gasteiger partial charge in [0.25, 0.3) is 10.1 Å². The Balaban J connectivity index is 3.50. The van der Waals surface area contributed by atoms with Gasteiger partial charge in [0, 0.05) is 11.1 Å². The van der Waals surface area contributed by atoms with E-state index in [-0.39, 0.29) is 0 Å². The minimum Gasteiger partial charge on any atom is -0.285 e. The first-order valence-electron chi connectivity index (χ1n) is 7.49. The molecule has 0 radical (unpaired) electrons. The maximum Gasteiger partial charge on any atom is 0.269 e. The molecule has 0 aromatic heterocycles. The minimum atomic E-state index is -4.46. The molecule has 1 rings (SSSR count). The van der Waals surface area contributed by atoms with Gasteiger partial charge < -0.3 is 0 Å². The Kier molecular flexibility index (Phi) is 4.90. The minimum absolute atomic E-state index is 0.600. The second-order valence-corrected chi connectivity index (χ2v) is 12.1. The number of hydrogen-bond donors (Lipinski definition) is 1. The van der Waals surface area contributed by atoms with Crippen LogP contribution in [0.3, 0.4) is 0 Å². The van der Waals surface area contributed by atoms with Crippen LogP contribution in [0.2, 0.25) is 0 Å². The Morgan fingerprint density at radius 3 is 1.68 bits per heavy atom. The van der Waals surface area contributed by atoms with E-state index in [4.69, 9.17) is 0 Å². The molecule has 132 valence electrons. The monoisotopic (exact) mass is 355 g/mol. The molecule has 6 nitrogen and oxygen atoms in total. The van der Waals surface area contributed by atoms with Crippen molar-refractivity contribution in [1.29, 1.82) is 0 Å². The average Bonchev–Trinajstić information content (AvgIpc) is 2.22. The van der Waals surface area contributed by atoms with Crippen molar-refractivity contribution in [1.82, 2.24) is 4.31 Å². The van der Waals surface area contributed by atoms with Crippen molar-refractivity contribution in [2.75, 3.05) is 0 Å². The third-order valence-corrected chi connectivity index (χ3v) is 9.79. The molecular weight excluding hydrogens is 326 g/mol. The molecule has 0 bridgehead atoms. The summed E-state index contributed by atoms with van der Waals surface area (Å²) in [5, 5.41) is -1.42. The fraction of sp³-hybridized carbons (Fsp3) is 1.00. The summed E-state index contributed by atoms with van der Waals surface area (Å²) in [6.45, 7) is 11.4. The van der Waals surface area contributed by atoms with Crippen LogP contribution in [0.5, 0.6) is 0 Å². The molecule has 0 aromatic carbocycles. The summed E-state index contributed by atoms with van der Waals surface area (Å²) < 4.78 is 58.7. The molecule has 1 unspecified atom stereocenters. The summed E-state index contributed by atoms with van der Waals surface area (Å²) in [4.78, 5) is 0. The molecule has 0 aliphatic carbocycles. The lowest BCUT2D eigenvalue weighted by atomic mass is 9.83. The van der Waals surface area contributed by atoms with Gasteiger partial charge in [-0.25, -0.2) is 8.42 Å². The SMILES string of the molecule is CC(C(C)(C)S(=O)(=O)N1C(C)(C)CCCC1(C)C)S(=O)(=O)O. The van der Waals surface area contributed by atoms with Crippen molar-refractivity contribution in [3.63, 3.8) is 0 Å². The van der Waals surface area contributed by atoms with Gasteiger partial charge in [0.15, 0.2) is 0 Å². The lowest BCUT2D eigenvalue weighted by molar-refractivity contribution is 0.0530. The second-order valence-electron chi connectivity index (χ2n) is 8.01. The van der Waals surface area contributed by atoms with E-state index in [2.05, 4.69) is 0 Å². The van der Waals surface area contributed by atoms with Crippen LogP contribution in [0, 0.1) is 0 Å². The van der Waals surface area contributed by atoms with Crippen LogP contribution in [0.1, 0.15) is 67.7 Å². The molecule has 0 amide bonds. The van der Waals surface area contributed by atoms with Crippen LogP contribution < -0.4 is 0 Å². The largest absolute Gasteiger partial charge is 0.285 e. The van der Waals surface area contributed by atoms with Crippen LogP contribution >= 0.6 is 0 Å². The van der Waals surface area contributed by atoms with Gasteiger partial charge in [-0.05, 0) is 67.7 Å². The zero-order valence-electron chi connectivity index (χ0n) is 14.5. The normalized spacial score (nSPS) is 24.9. The number of hydrogen-bond acceptors (Lipinski definition) is 4. The van der Waals surface area contributed by atoms with Crippen LogP contribution in [-0.2, 0) is 20.1 Å². The third kappa shape index (κ3) is 3.20. The van der Waals surface area contributed by atoms with Crippen molar-refractivity contribution in [3.05, 3.63) is 0 Å². The molecule has 1 saturated heterocycles. The topological polar surface area (TPSA) is 91.8 Å². The van der Waals surface area contributed by atoms with E-state index in [0.717, 1.165) is 6.42 Å². The Morgan fingerprint density at radius 2 is 1.36 bits per heavy atom. The summed E-state index contributed by atoms with van der Waals surface area (Å²) in [7, 11) is -8.43. The van der Waals surface area contributed by atoms with Crippen molar-refractivity contribution in [2.24, 2.45) is 0 Å². The highest BCUT2D eigenvalue weighted by Crippen LogP contribution is 2.44. The summed E-state index contributed by atoms with van der Waals surface area (Å²) in [5.41, 5.74) is -1.20. The highest BCUT2D eigenvalue weighted by molar-refractivity contribution is 7.93. The molecule has 1 aliphatic rings. The number of nitrogens with zero attached hydrogens (tertiary/aromatic N) is 1. The second kappa shape index (κ2) is 5.43. The fourth-order valence-corrected chi connectivity index (χ4v) is 7.25. The van der Waals surface area contributed by atoms with Crippen molar-refractivity contribution in [3.8, 4) is 0 Å². The van der Waals surface area contributed by atoms with E-state index in [1.54, 1.807) is 0 Å². The predicted molar refractivity (Wildman–Crippen MR) is 87.9 cm³/mol. The third-order valence-electron chi connectivity index (χ3n) is 5.01. The maximum absolute atomic E-state index is 13.3. The van der Waals surface area contributed by atoms with Crippen LogP contribution in [0.4, 0.5) is 0 Å². The van der Waals surface area contributed by atoms with Crippen LogP contribution in [0.25, 0.3) is 0 Å². The Labute approximate surface area is 135 Å². The van der Waals surface area contributed by atoms with Crippen molar-refractivity contribution < 1.29 is 21.4 Å². The molecule has 1 aliphatic heterocycles. The van der Waals surface area contributed by atoms with Gasteiger partial charge >= 0.3 is 0 Å². The van der Waals surface area contributed by atoms with E-state index in [0.29, 0.717) is 12.8 Å². The van der Waals surface area contributed by atoms with Gasteiger partial charge in [0.1, 0.15) is 5.25 Å². The van der Waals surface area contributed by atoms with E-state index in [1.165, 1.54) is 25.1 Å². The molecule has 1 atom stereocenters. The number of sulfonamides is 1. The van der Waals surface area contributed by atoms with Crippen molar-refractivity contribution in [2.45, 2.75) is 88.8 Å². The zero-order chi connectivity index (χ0) is 17.8. The average molecular weight is 356 g/mol. The fourth-order valence-electron chi connectivity index (χ4n) is 3.43. The quantitative estimate of drug-likeness (QED) is 0.782. The van der Waals surface area contributed by atoms with E-state index >= 15 is 0 Å². The first kappa shape index (κ1) is 19.9. The highest BCUT2D eigenvalue weighted by atomic mass is 32.2. The molecule has 22 heavy (non-hydrogen) atoms. The molecule has 0 saturated carbocycles. The van der Waals surface area contributed by atoms with Crippen molar-refractivity contribution >= 4 is 20.1 Å². The molecule has 1 N–H and O–H groups in total. The van der Waals surface area contributed by atoms with Crippen LogP contribution in [0.15, 0.2) is 0 Å². The van der Waals surface area contributed by atoms with E-state index < -0.39 is 41.2 Å². The van der Waals surface area contributed by atoms with Crippen LogP contribution in [-0.4, -0.2) is 46.8 Å². The van der Waals surface area contributed by atoms with E-state index in [9.17, 15) is 21.4 Å². The lowest BCUT2D eigenvalue weighted by Gasteiger charge is -2.54. The first-order valence-corrected chi connectivity index (χ1v) is 10.4. The Morgan fingerprint density at radius 1 is 1.00 bits per heavy atom. The van der Waals surface area contributed by atoms with E-state index in [1.807, 2.05) is 27.7 Å². The summed E-state index contributed by atoms with van der Waals surface area (Å²) >= 11 is 0. The molecule has 1 fully saturated rings.